The Bertz CT molecular complexity index is 890. The zero-order valence-electron chi connectivity index (χ0n) is 14.9. The fourth-order valence-corrected chi connectivity index (χ4v) is 3.56. The summed E-state index contributed by atoms with van der Waals surface area (Å²) in [5.74, 6) is 0.557. The van der Waals surface area contributed by atoms with Gasteiger partial charge in [-0.05, 0) is 37.5 Å². The summed E-state index contributed by atoms with van der Waals surface area (Å²) in [5, 5.41) is 1.32. The molecule has 0 amide bonds. The number of aromatic nitrogens is 2. The van der Waals surface area contributed by atoms with Gasteiger partial charge in [-0.25, -0.2) is 4.98 Å². The molecule has 5 heteroatoms. The van der Waals surface area contributed by atoms with E-state index >= 15 is 0 Å². The highest BCUT2D eigenvalue weighted by Crippen LogP contribution is 2.26. The van der Waals surface area contributed by atoms with E-state index in [9.17, 15) is 4.79 Å². The van der Waals surface area contributed by atoms with E-state index in [1.54, 1.807) is 18.9 Å². The van der Waals surface area contributed by atoms with E-state index in [-0.39, 0.29) is 5.56 Å². The third kappa shape index (κ3) is 4.88. The van der Waals surface area contributed by atoms with Crippen LogP contribution in [0.4, 0.5) is 0 Å². The molecule has 0 N–H and O–H groups in total. The van der Waals surface area contributed by atoms with Crippen molar-refractivity contribution in [2.45, 2.75) is 39.0 Å². The molecule has 3 aromatic rings. The van der Waals surface area contributed by atoms with Gasteiger partial charge in [-0.15, -0.1) is 11.3 Å². The van der Waals surface area contributed by atoms with E-state index in [2.05, 4.69) is 23.3 Å². The van der Waals surface area contributed by atoms with Gasteiger partial charge in [0, 0.05) is 22.5 Å². The Morgan fingerprint density at radius 1 is 1.12 bits per heavy atom. The van der Waals surface area contributed by atoms with Crippen molar-refractivity contribution in [3.05, 3.63) is 66.0 Å². The molecule has 0 unspecified atom stereocenters. The van der Waals surface area contributed by atoms with Crippen molar-refractivity contribution in [2.24, 2.45) is 0 Å². The van der Waals surface area contributed by atoms with Gasteiger partial charge >= 0.3 is 0 Å². The normalized spacial score (nSPS) is 11.0. The van der Waals surface area contributed by atoms with Gasteiger partial charge in [0.05, 0.1) is 5.39 Å². The second kappa shape index (κ2) is 9.43. The zero-order valence-corrected chi connectivity index (χ0v) is 15.7. The summed E-state index contributed by atoms with van der Waals surface area (Å²) in [5.41, 5.74) is 0.614. The Balaban J connectivity index is 1.59. The lowest BCUT2D eigenvalue weighted by molar-refractivity contribution is 0.371. The number of hydrogen-bond acceptors (Lipinski definition) is 5. The molecule has 2 aromatic heterocycles. The monoisotopic (exact) mass is 366 g/mol. The maximum Gasteiger partial charge on any atom is 0.279 e. The minimum atomic E-state index is -0.205. The van der Waals surface area contributed by atoms with Crippen molar-refractivity contribution in [1.82, 2.24) is 9.97 Å². The summed E-state index contributed by atoms with van der Waals surface area (Å²) in [6, 6.07) is 11.2. The van der Waals surface area contributed by atoms with Crippen molar-refractivity contribution >= 4 is 21.4 Å². The summed E-state index contributed by atoms with van der Waals surface area (Å²) < 4.78 is 6.50. The van der Waals surface area contributed by atoms with Crippen LogP contribution in [0, 0.1) is 13.0 Å². The summed E-state index contributed by atoms with van der Waals surface area (Å²) >= 11 is 1.49. The lowest BCUT2D eigenvalue weighted by Gasteiger charge is -2.05. The van der Waals surface area contributed by atoms with Crippen LogP contribution in [-0.2, 0) is 0 Å². The predicted molar refractivity (Wildman–Crippen MR) is 107 cm³/mol. The van der Waals surface area contributed by atoms with Gasteiger partial charge in [0.2, 0.25) is 5.88 Å². The highest BCUT2D eigenvalue weighted by atomic mass is 32.1. The van der Waals surface area contributed by atoms with Crippen LogP contribution in [0.1, 0.15) is 39.0 Å². The highest BCUT2D eigenvalue weighted by Gasteiger charge is 2.07. The number of fused-ring (bicyclic) bond motifs is 1. The molecule has 0 fully saturated rings. The molecule has 2 heterocycles. The molecular weight excluding hydrogens is 344 g/mol. The lowest BCUT2D eigenvalue weighted by atomic mass is 10.1. The Hall–Kier alpha value is -2.27. The number of nitrogens with zero attached hydrogens (tertiary/aromatic N) is 2. The molecule has 1 aromatic carbocycles. The molecule has 0 spiro atoms. The molecule has 0 saturated heterocycles. The smallest absolute Gasteiger partial charge is 0.279 e. The van der Waals surface area contributed by atoms with Crippen LogP contribution >= 0.6 is 11.3 Å². The molecule has 3 rings (SSSR count). The topological polar surface area (TPSA) is 52.1 Å². The fraction of sp³-hybridized carbons (Fsp3) is 0.286. The van der Waals surface area contributed by atoms with Crippen LogP contribution in [0.3, 0.4) is 0 Å². The molecule has 0 atom stereocenters. The Labute approximate surface area is 157 Å². The van der Waals surface area contributed by atoms with Gasteiger partial charge in [-0.3, -0.25) is 4.79 Å². The number of pyridine rings is 1. The summed E-state index contributed by atoms with van der Waals surface area (Å²) in [4.78, 5) is 20.7. The van der Waals surface area contributed by atoms with Crippen molar-refractivity contribution in [1.29, 1.82) is 0 Å². The minimum Gasteiger partial charge on any atom is -0.470 e. The number of hydrogen-bond donors (Lipinski definition) is 0. The zero-order chi connectivity index (χ0) is 18.2. The minimum absolute atomic E-state index is 0.205. The van der Waals surface area contributed by atoms with Crippen molar-refractivity contribution in [2.75, 3.05) is 0 Å². The largest absolute Gasteiger partial charge is 0.470 e. The maximum atomic E-state index is 12.2. The van der Waals surface area contributed by atoms with Gasteiger partial charge < -0.3 is 4.74 Å². The number of benzene rings is 1. The Morgan fingerprint density at radius 3 is 2.77 bits per heavy atom. The number of unbranched alkanes of at least 4 members (excludes halogenated alkanes) is 5. The summed E-state index contributed by atoms with van der Waals surface area (Å²) in [7, 11) is 0. The first kappa shape index (κ1) is 18.5. The van der Waals surface area contributed by atoms with Crippen LogP contribution in [-0.4, -0.2) is 9.97 Å². The molecule has 2 radical (unpaired) electrons. The number of ether oxygens (including phenoxy) is 1. The van der Waals surface area contributed by atoms with Gasteiger partial charge in [-0.2, -0.15) is 4.98 Å². The van der Waals surface area contributed by atoms with E-state index < -0.39 is 0 Å². The molecule has 26 heavy (non-hydrogen) atoms. The van der Waals surface area contributed by atoms with E-state index in [4.69, 9.17) is 4.74 Å². The molecule has 0 saturated carbocycles. The standard InChI is InChI=1S/C21H22N2O2S/c1-2-3-4-5-6-9-14-25-19-13-12-16(15-22-19)21-23-20(24)17-10-7-8-11-18(17)26-21/h3,7-8,10-15H,2,4-6,9H2,1H3. The molecule has 0 aliphatic heterocycles. The predicted octanol–water partition coefficient (Wildman–Crippen LogP) is 5.43. The van der Waals surface area contributed by atoms with Crippen molar-refractivity contribution in [3.63, 3.8) is 0 Å². The van der Waals surface area contributed by atoms with Crippen LogP contribution < -0.4 is 10.3 Å². The summed E-state index contributed by atoms with van der Waals surface area (Å²) in [6.07, 6.45) is 9.52. The van der Waals surface area contributed by atoms with E-state index in [1.165, 1.54) is 24.2 Å². The lowest BCUT2D eigenvalue weighted by Crippen LogP contribution is -2.05. The van der Waals surface area contributed by atoms with Crippen LogP contribution in [0.25, 0.3) is 20.7 Å². The van der Waals surface area contributed by atoms with Gasteiger partial charge in [0.25, 0.3) is 5.56 Å². The third-order valence-electron chi connectivity index (χ3n) is 3.98. The molecule has 134 valence electrons. The Morgan fingerprint density at radius 2 is 1.96 bits per heavy atom. The number of rotatable bonds is 9. The SMILES string of the molecule is CC[CH]CCCC[CH]Oc1ccc(-c2nc(=O)c3ccccc3s2)cn1. The van der Waals surface area contributed by atoms with Crippen LogP contribution in [0.15, 0.2) is 47.4 Å². The first-order chi connectivity index (χ1) is 12.8. The van der Waals surface area contributed by atoms with Gasteiger partial charge in [0.15, 0.2) is 0 Å². The summed E-state index contributed by atoms with van der Waals surface area (Å²) in [6.45, 7) is 3.97. The average Bonchev–Trinajstić information content (AvgIpc) is 2.68. The quantitative estimate of drug-likeness (QED) is 0.474. The van der Waals surface area contributed by atoms with E-state index in [1.807, 2.05) is 30.3 Å². The molecule has 0 bridgehead atoms. The molecule has 4 nitrogen and oxygen atoms in total. The average molecular weight is 366 g/mol. The van der Waals surface area contributed by atoms with Crippen molar-refractivity contribution < 1.29 is 4.74 Å². The first-order valence-electron chi connectivity index (χ1n) is 8.94. The maximum absolute atomic E-state index is 12.2. The fourth-order valence-electron chi connectivity index (χ4n) is 2.58. The van der Waals surface area contributed by atoms with Crippen LogP contribution in [0.2, 0.25) is 0 Å². The van der Waals surface area contributed by atoms with E-state index in [0.29, 0.717) is 16.3 Å². The molecule has 0 aliphatic rings. The highest BCUT2D eigenvalue weighted by molar-refractivity contribution is 7.21. The molecule has 0 aliphatic carbocycles. The molecular formula is C21H22N2O2S. The van der Waals surface area contributed by atoms with Crippen molar-refractivity contribution in [3.8, 4) is 16.5 Å². The van der Waals surface area contributed by atoms with Crippen LogP contribution in [0.5, 0.6) is 5.88 Å². The second-order valence-corrected chi connectivity index (χ2v) is 7.00. The third-order valence-corrected chi connectivity index (χ3v) is 5.08. The van der Waals surface area contributed by atoms with Gasteiger partial charge in [-0.1, -0.05) is 38.3 Å². The second-order valence-electron chi connectivity index (χ2n) is 5.97. The van der Waals surface area contributed by atoms with Gasteiger partial charge in [0.1, 0.15) is 11.6 Å². The van der Waals surface area contributed by atoms with E-state index in [0.717, 1.165) is 29.5 Å². The first-order valence-corrected chi connectivity index (χ1v) is 9.76. The Kier molecular flexibility index (Phi) is 6.72.